The molecule has 0 aliphatic carbocycles. The third kappa shape index (κ3) is 2.44. The first-order valence-corrected chi connectivity index (χ1v) is 5.26. The minimum absolute atomic E-state index is 0.552. The molecule has 16 heavy (non-hydrogen) atoms. The Labute approximate surface area is 94.8 Å². The zero-order valence-corrected chi connectivity index (χ0v) is 9.17. The molecule has 1 N–H and O–H groups in total. The molecule has 2 heterocycles. The van der Waals surface area contributed by atoms with Crippen molar-refractivity contribution < 1.29 is 5.11 Å². The first-order valence-electron chi connectivity index (χ1n) is 5.26. The van der Waals surface area contributed by atoms with Crippen molar-refractivity contribution in [3.05, 3.63) is 59.7 Å². The average molecular weight is 214 g/mol. The van der Waals surface area contributed by atoms with E-state index in [-0.39, 0.29) is 0 Å². The lowest BCUT2D eigenvalue weighted by molar-refractivity contribution is 0.173. The van der Waals surface area contributed by atoms with Crippen LogP contribution in [0.1, 0.15) is 22.9 Å². The quantitative estimate of drug-likeness (QED) is 0.850. The van der Waals surface area contributed by atoms with Crippen molar-refractivity contribution in [3.63, 3.8) is 0 Å². The van der Waals surface area contributed by atoms with E-state index < -0.39 is 6.10 Å². The summed E-state index contributed by atoms with van der Waals surface area (Å²) in [7, 11) is 0. The minimum Gasteiger partial charge on any atom is -0.386 e. The van der Waals surface area contributed by atoms with Crippen LogP contribution in [0.2, 0.25) is 0 Å². The van der Waals surface area contributed by atoms with Gasteiger partial charge >= 0.3 is 0 Å². The summed E-state index contributed by atoms with van der Waals surface area (Å²) < 4.78 is 0. The fraction of sp³-hybridized carbons (Fsp3) is 0.231. The van der Waals surface area contributed by atoms with Gasteiger partial charge in [0.05, 0.1) is 5.69 Å². The van der Waals surface area contributed by atoms with Gasteiger partial charge in [0.15, 0.2) is 0 Å². The van der Waals surface area contributed by atoms with E-state index in [0.29, 0.717) is 6.42 Å². The molecule has 0 amide bonds. The third-order valence-corrected chi connectivity index (χ3v) is 2.54. The molecule has 1 unspecified atom stereocenters. The van der Waals surface area contributed by atoms with E-state index in [1.54, 1.807) is 18.6 Å². The largest absolute Gasteiger partial charge is 0.386 e. The van der Waals surface area contributed by atoms with Crippen LogP contribution in [0.15, 0.2) is 42.9 Å². The van der Waals surface area contributed by atoms with Crippen molar-refractivity contribution in [3.8, 4) is 0 Å². The standard InChI is InChI=1S/C13H14N2O/c1-10-3-2-6-15-13(10)12(16)9-11-4-7-14-8-5-11/h2-8,12,16H,9H2,1H3. The molecule has 0 aliphatic heterocycles. The van der Waals surface area contributed by atoms with Gasteiger partial charge in [0.25, 0.3) is 0 Å². The van der Waals surface area contributed by atoms with Gasteiger partial charge in [-0.3, -0.25) is 9.97 Å². The van der Waals surface area contributed by atoms with E-state index in [4.69, 9.17) is 0 Å². The van der Waals surface area contributed by atoms with E-state index in [2.05, 4.69) is 9.97 Å². The van der Waals surface area contributed by atoms with Crippen molar-refractivity contribution in [2.75, 3.05) is 0 Å². The Hall–Kier alpha value is -1.74. The van der Waals surface area contributed by atoms with Crippen molar-refractivity contribution in [2.24, 2.45) is 0 Å². The average Bonchev–Trinajstić information content (AvgIpc) is 2.31. The van der Waals surface area contributed by atoms with E-state index in [0.717, 1.165) is 16.8 Å². The Kier molecular flexibility index (Phi) is 3.27. The number of pyridine rings is 2. The molecule has 0 fully saturated rings. The predicted octanol–water partition coefficient (Wildman–Crippen LogP) is 2.06. The molecular weight excluding hydrogens is 200 g/mol. The van der Waals surface area contributed by atoms with Gasteiger partial charge in [0, 0.05) is 25.0 Å². The maximum absolute atomic E-state index is 10.1. The van der Waals surface area contributed by atoms with Gasteiger partial charge in [-0.05, 0) is 36.2 Å². The van der Waals surface area contributed by atoms with Crippen LogP contribution in [-0.2, 0) is 6.42 Å². The second kappa shape index (κ2) is 4.86. The summed E-state index contributed by atoms with van der Waals surface area (Å²) in [4.78, 5) is 8.15. The van der Waals surface area contributed by atoms with Crippen molar-refractivity contribution >= 4 is 0 Å². The van der Waals surface area contributed by atoms with E-state index in [1.807, 2.05) is 31.2 Å². The predicted molar refractivity (Wildman–Crippen MR) is 61.9 cm³/mol. The van der Waals surface area contributed by atoms with Gasteiger partial charge in [0.2, 0.25) is 0 Å². The molecule has 0 saturated heterocycles. The minimum atomic E-state index is -0.552. The van der Waals surface area contributed by atoms with Gasteiger partial charge < -0.3 is 5.11 Å². The number of aromatic nitrogens is 2. The van der Waals surface area contributed by atoms with Gasteiger partial charge in [-0.2, -0.15) is 0 Å². The first-order chi connectivity index (χ1) is 7.77. The van der Waals surface area contributed by atoms with Crippen molar-refractivity contribution in [2.45, 2.75) is 19.4 Å². The molecule has 0 aliphatic rings. The Balaban J connectivity index is 2.15. The molecule has 0 radical (unpaired) electrons. The molecule has 2 aromatic heterocycles. The second-order valence-electron chi connectivity index (χ2n) is 3.78. The molecule has 3 heteroatoms. The van der Waals surface area contributed by atoms with E-state index in [9.17, 15) is 5.11 Å². The van der Waals surface area contributed by atoms with E-state index in [1.165, 1.54) is 0 Å². The summed E-state index contributed by atoms with van der Waals surface area (Å²) in [5, 5.41) is 10.1. The summed E-state index contributed by atoms with van der Waals surface area (Å²) in [5.74, 6) is 0. The van der Waals surface area contributed by atoms with Crippen LogP contribution in [0.5, 0.6) is 0 Å². The monoisotopic (exact) mass is 214 g/mol. The van der Waals surface area contributed by atoms with Crippen LogP contribution >= 0.6 is 0 Å². The maximum atomic E-state index is 10.1. The van der Waals surface area contributed by atoms with E-state index >= 15 is 0 Å². The molecule has 1 atom stereocenters. The topological polar surface area (TPSA) is 46.0 Å². The maximum Gasteiger partial charge on any atom is 0.100 e. The molecule has 82 valence electrons. The van der Waals surface area contributed by atoms with Crippen molar-refractivity contribution in [1.82, 2.24) is 9.97 Å². The Morgan fingerprint density at radius 2 is 1.94 bits per heavy atom. The smallest absolute Gasteiger partial charge is 0.100 e. The third-order valence-electron chi connectivity index (χ3n) is 2.54. The van der Waals surface area contributed by atoms with Crippen LogP contribution in [0, 0.1) is 6.92 Å². The lowest BCUT2D eigenvalue weighted by Gasteiger charge is -2.12. The molecular formula is C13H14N2O. The van der Waals surface area contributed by atoms with Gasteiger partial charge in [-0.15, -0.1) is 0 Å². The number of aliphatic hydroxyl groups is 1. The van der Waals surface area contributed by atoms with Crippen LogP contribution < -0.4 is 0 Å². The first kappa shape index (κ1) is 10.8. The molecule has 3 nitrogen and oxygen atoms in total. The summed E-state index contributed by atoms with van der Waals surface area (Å²) in [6.07, 6.45) is 5.18. The summed E-state index contributed by atoms with van der Waals surface area (Å²) in [5.41, 5.74) is 2.83. The number of rotatable bonds is 3. The lowest BCUT2D eigenvalue weighted by Crippen LogP contribution is -2.06. The molecule has 2 rings (SSSR count). The Morgan fingerprint density at radius 1 is 1.19 bits per heavy atom. The van der Waals surface area contributed by atoms with Crippen LogP contribution in [0.25, 0.3) is 0 Å². The Bertz CT molecular complexity index is 456. The zero-order valence-electron chi connectivity index (χ0n) is 9.17. The van der Waals surface area contributed by atoms with Crippen LogP contribution in [0.4, 0.5) is 0 Å². The fourth-order valence-electron chi connectivity index (χ4n) is 1.69. The molecule has 0 saturated carbocycles. The summed E-state index contributed by atoms with van der Waals surface area (Å²) >= 11 is 0. The lowest BCUT2D eigenvalue weighted by atomic mass is 10.0. The highest BCUT2D eigenvalue weighted by atomic mass is 16.3. The van der Waals surface area contributed by atoms with Crippen LogP contribution in [-0.4, -0.2) is 15.1 Å². The normalized spacial score (nSPS) is 12.4. The molecule has 0 bridgehead atoms. The highest BCUT2D eigenvalue weighted by Gasteiger charge is 2.11. The SMILES string of the molecule is Cc1cccnc1C(O)Cc1ccncc1. The summed E-state index contributed by atoms with van der Waals surface area (Å²) in [6, 6.07) is 7.64. The van der Waals surface area contributed by atoms with Gasteiger partial charge in [0.1, 0.15) is 6.10 Å². The summed E-state index contributed by atoms with van der Waals surface area (Å²) in [6.45, 7) is 1.96. The fourth-order valence-corrected chi connectivity index (χ4v) is 1.69. The second-order valence-corrected chi connectivity index (χ2v) is 3.78. The number of hydrogen-bond donors (Lipinski definition) is 1. The van der Waals surface area contributed by atoms with Gasteiger partial charge in [-0.25, -0.2) is 0 Å². The molecule has 0 aromatic carbocycles. The van der Waals surface area contributed by atoms with Crippen molar-refractivity contribution in [1.29, 1.82) is 0 Å². The number of aliphatic hydroxyl groups excluding tert-OH is 1. The number of hydrogen-bond acceptors (Lipinski definition) is 3. The zero-order chi connectivity index (χ0) is 11.4. The number of nitrogens with zero attached hydrogens (tertiary/aromatic N) is 2. The molecule has 0 spiro atoms. The van der Waals surface area contributed by atoms with Crippen LogP contribution in [0.3, 0.4) is 0 Å². The highest BCUT2D eigenvalue weighted by molar-refractivity contribution is 5.22. The van der Waals surface area contributed by atoms with Gasteiger partial charge in [-0.1, -0.05) is 6.07 Å². The number of aryl methyl sites for hydroxylation is 1. The molecule has 2 aromatic rings. The Morgan fingerprint density at radius 3 is 2.62 bits per heavy atom. The highest BCUT2D eigenvalue weighted by Crippen LogP contribution is 2.18.